The van der Waals surface area contributed by atoms with Crippen LogP contribution in [-0.4, -0.2) is 9.97 Å². The zero-order valence-electron chi connectivity index (χ0n) is 8.50. The van der Waals surface area contributed by atoms with Crippen LogP contribution < -0.4 is 0 Å². The van der Waals surface area contributed by atoms with Crippen LogP contribution in [0.25, 0.3) is 11.0 Å². The standard InChI is InChI=1S/C11H10IN3/c1-11(2,6-13)8-9-7(15-10(8)12)4-3-5-14-9/h3-5,15H,1-2H3. The molecule has 2 aromatic heterocycles. The Hall–Kier alpha value is -1.09. The van der Waals surface area contributed by atoms with E-state index in [2.05, 4.69) is 38.6 Å². The Labute approximate surface area is 102 Å². The van der Waals surface area contributed by atoms with Crippen LogP contribution >= 0.6 is 22.6 Å². The van der Waals surface area contributed by atoms with Gasteiger partial charge in [-0.3, -0.25) is 4.98 Å². The van der Waals surface area contributed by atoms with Crippen LogP contribution in [0, 0.1) is 15.0 Å². The summed E-state index contributed by atoms with van der Waals surface area (Å²) in [5.41, 5.74) is 2.36. The average molecular weight is 311 g/mol. The number of nitriles is 1. The van der Waals surface area contributed by atoms with Gasteiger partial charge in [0.05, 0.1) is 26.2 Å². The lowest BCUT2D eigenvalue weighted by atomic mass is 9.87. The molecule has 0 aromatic carbocycles. The summed E-state index contributed by atoms with van der Waals surface area (Å²) in [4.78, 5) is 7.57. The predicted molar refractivity (Wildman–Crippen MR) is 67.4 cm³/mol. The van der Waals surface area contributed by atoms with Crippen LogP contribution in [0.4, 0.5) is 0 Å². The number of pyridine rings is 1. The topological polar surface area (TPSA) is 52.5 Å². The van der Waals surface area contributed by atoms with Crippen LogP contribution in [0.1, 0.15) is 19.4 Å². The first-order valence-electron chi connectivity index (χ1n) is 4.60. The average Bonchev–Trinajstić information content (AvgIpc) is 2.54. The van der Waals surface area contributed by atoms with Crippen molar-refractivity contribution in [2.45, 2.75) is 19.3 Å². The maximum atomic E-state index is 9.15. The minimum Gasteiger partial charge on any atom is -0.348 e. The number of fused-ring (bicyclic) bond motifs is 1. The highest BCUT2D eigenvalue weighted by molar-refractivity contribution is 14.1. The number of hydrogen-bond acceptors (Lipinski definition) is 2. The van der Waals surface area contributed by atoms with Crippen LogP contribution in [-0.2, 0) is 5.41 Å². The summed E-state index contributed by atoms with van der Waals surface area (Å²) in [5.74, 6) is 0. The minimum absolute atomic E-state index is 0.511. The molecule has 0 bridgehead atoms. The Bertz CT molecular complexity index is 548. The Kier molecular flexibility index (Phi) is 2.43. The van der Waals surface area contributed by atoms with Crippen LogP contribution in [0.2, 0.25) is 0 Å². The van der Waals surface area contributed by atoms with Crippen molar-refractivity contribution < 1.29 is 0 Å². The second-order valence-electron chi connectivity index (χ2n) is 3.95. The second-order valence-corrected chi connectivity index (χ2v) is 5.03. The van der Waals surface area contributed by atoms with Gasteiger partial charge >= 0.3 is 0 Å². The van der Waals surface area contributed by atoms with Crippen LogP contribution in [0.5, 0.6) is 0 Å². The molecule has 0 unspecified atom stereocenters. The zero-order valence-corrected chi connectivity index (χ0v) is 10.7. The molecule has 1 N–H and O–H groups in total. The van der Waals surface area contributed by atoms with E-state index in [9.17, 15) is 0 Å². The fraction of sp³-hybridized carbons (Fsp3) is 0.273. The predicted octanol–water partition coefficient (Wildman–Crippen LogP) is 2.97. The van der Waals surface area contributed by atoms with E-state index >= 15 is 0 Å². The highest BCUT2D eigenvalue weighted by Gasteiger charge is 2.27. The Morgan fingerprint density at radius 1 is 1.53 bits per heavy atom. The lowest BCUT2D eigenvalue weighted by molar-refractivity contribution is 0.687. The molecule has 0 spiro atoms. The summed E-state index contributed by atoms with van der Waals surface area (Å²) < 4.78 is 0.993. The first kappa shape index (κ1) is 10.4. The van der Waals surface area contributed by atoms with Gasteiger partial charge in [-0.05, 0) is 48.6 Å². The number of rotatable bonds is 1. The Balaban J connectivity index is 2.82. The van der Waals surface area contributed by atoms with E-state index in [1.807, 2.05) is 26.0 Å². The molecule has 0 aliphatic heterocycles. The van der Waals surface area contributed by atoms with Gasteiger partial charge in [-0.2, -0.15) is 5.26 Å². The zero-order chi connectivity index (χ0) is 11.1. The first-order valence-corrected chi connectivity index (χ1v) is 5.68. The van der Waals surface area contributed by atoms with E-state index in [4.69, 9.17) is 5.26 Å². The summed E-state index contributed by atoms with van der Waals surface area (Å²) in [5, 5.41) is 9.15. The van der Waals surface area contributed by atoms with Gasteiger partial charge in [-0.1, -0.05) is 0 Å². The van der Waals surface area contributed by atoms with E-state index in [1.54, 1.807) is 6.20 Å². The van der Waals surface area contributed by atoms with Crippen LogP contribution in [0.3, 0.4) is 0 Å². The summed E-state index contributed by atoms with van der Waals surface area (Å²) >= 11 is 2.22. The summed E-state index contributed by atoms with van der Waals surface area (Å²) in [6.07, 6.45) is 1.75. The van der Waals surface area contributed by atoms with Gasteiger partial charge in [0.2, 0.25) is 0 Å². The van der Waals surface area contributed by atoms with Crippen molar-refractivity contribution >= 4 is 33.6 Å². The maximum Gasteiger partial charge on any atom is 0.0938 e. The van der Waals surface area contributed by atoms with Crippen LogP contribution in [0.15, 0.2) is 18.3 Å². The molecule has 3 nitrogen and oxygen atoms in total. The van der Waals surface area contributed by atoms with E-state index in [0.717, 1.165) is 20.3 Å². The summed E-state index contributed by atoms with van der Waals surface area (Å²) in [6, 6.07) is 6.17. The van der Waals surface area contributed by atoms with E-state index in [0.29, 0.717) is 0 Å². The lowest BCUT2D eigenvalue weighted by Gasteiger charge is -2.14. The second kappa shape index (κ2) is 3.49. The number of H-pyrrole nitrogens is 1. The smallest absolute Gasteiger partial charge is 0.0938 e. The molecule has 4 heteroatoms. The van der Waals surface area contributed by atoms with Gasteiger partial charge in [-0.25, -0.2) is 0 Å². The third-order valence-corrected chi connectivity index (χ3v) is 3.22. The molecule has 0 amide bonds. The molecule has 0 saturated carbocycles. The van der Waals surface area contributed by atoms with Crippen molar-refractivity contribution in [3.8, 4) is 6.07 Å². The van der Waals surface area contributed by atoms with Crippen molar-refractivity contribution in [3.05, 3.63) is 27.6 Å². The highest BCUT2D eigenvalue weighted by atomic mass is 127. The van der Waals surface area contributed by atoms with Gasteiger partial charge in [0, 0.05) is 11.8 Å². The number of hydrogen-bond donors (Lipinski definition) is 1. The van der Waals surface area contributed by atoms with Crippen molar-refractivity contribution in [3.63, 3.8) is 0 Å². The number of aromatic nitrogens is 2. The monoisotopic (exact) mass is 311 g/mol. The van der Waals surface area contributed by atoms with Crippen molar-refractivity contribution in [1.82, 2.24) is 9.97 Å². The Morgan fingerprint density at radius 3 is 2.93 bits per heavy atom. The van der Waals surface area contributed by atoms with Crippen molar-refractivity contribution in [1.29, 1.82) is 5.26 Å². The lowest BCUT2D eigenvalue weighted by Crippen LogP contribution is -2.15. The first-order chi connectivity index (χ1) is 7.06. The van der Waals surface area contributed by atoms with Crippen molar-refractivity contribution in [2.24, 2.45) is 0 Å². The molecule has 15 heavy (non-hydrogen) atoms. The number of nitrogens with zero attached hydrogens (tertiary/aromatic N) is 2. The highest BCUT2D eigenvalue weighted by Crippen LogP contribution is 2.32. The summed E-state index contributed by atoms with van der Waals surface area (Å²) in [7, 11) is 0. The van der Waals surface area contributed by atoms with Gasteiger partial charge in [0.1, 0.15) is 0 Å². The molecule has 0 aliphatic rings. The third-order valence-electron chi connectivity index (χ3n) is 2.41. The number of nitrogens with one attached hydrogen (secondary N) is 1. The fourth-order valence-corrected chi connectivity index (χ4v) is 2.84. The van der Waals surface area contributed by atoms with Gasteiger partial charge in [0.25, 0.3) is 0 Å². The molecule has 2 rings (SSSR count). The fourth-order valence-electron chi connectivity index (χ4n) is 1.62. The molecule has 0 atom stereocenters. The largest absolute Gasteiger partial charge is 0.348 e. The number of halogens is 1. The molecule has 2 heterocycles. The van der Waals surface area contributed by atoms with E-state index in [1.165, 1.54) is 0 Å². The quantitative estimate of drug-likeness (QED) is 0.823. The van der Waals surface area contributed by atoms with Gasteiger partial charge in [-0.15, -0.1) is 0 Å². The Morgan fingerprint density at radius 2 is 2.27 bits per heavy atom. The van der Waals surface area contributed by atoms with Gasteiger partial charge < -0.3 is 4.98 Å². The molecule has 0 radical (unpaired) electrons. The van der Waals surface area contributed by atoms with Crippen molar-refractivity contribution in [2.75, 3.05) is 0 Å². The van der Waals surface area contributed by atoms with Gasteiger partial charge in [0.15, 0.2) is 0 Å². The minimum atomic E-state index is -0.511. The molecular weight excluding hydrogens is 301 g/mol. The molecule has 0 aliphatic carbocycles. The molecule has 0 saturated heterocycles. The molecule has 0 fully saturated rings. The van der Waals surface area contributed by atoms with E-state index in [-0.39, 0.29) is 0 Å². The third kappa shape index (κ3) is 1.61. The normalized spacial score (nSPS) is 11.6. The molecular formula is C11H10IN3. The number of aromatic amines is 1. The molecule has 2 aromatic rings. The molecule has 76 valence electrons. The summed E-state index contributed by atoms with van der Waals surface area (Å²) in [6.45, 7) is 3.82. The van der Waals surface area contributed by atoms with E-state index < -0.39 is 5.41 Å². The maximum absolute atomic E-state index is 9.15. The SMILES string of the molecule is CC(C)(C#N)c1c(I)[nH]c2cccnc12.